The van der Waals surface area contributed by atoms with Gasteiger partial charge in [0.05, 0.1) is 0 Å². The summed E-state index contributed by atoms with van der Waals surface area (Å²) in [7, 11) is 2.07. The molecule has 1 atom stereocenters. The van der Waals surface area contributed by atoms with E-state index >= 15 is 0 Å². The third-order valence-corrected chi connectivity index (χ3v) is 4.29. The minimum absolute atomic E-state index is 0.339. The lowest BCUT2D eigenvalue weighted by Crippen LogP contribution is -2.41. The molecule has 1 aromatic carbocycles. The number of likely N-dealkylation sites (N-methyl/N-ethyl adjacent to an activating group) is 1. The van der Waals surface area contributed by atoms with Gasteiger partial charge in [-0.1, -0.05) is 58.9 Å². The highest BCUT2D eigenvalue weighted by Gasteiger charge is 2.26. The second-order valence-electron chi connectivity index (χ2n) is 6.28. The van der Waals surface area contributed by atoms with Gasteiger partial charge in [-0.05, 0) is 42.3 Å². The Morgan fingerprint density at radius 3 is 2.06 bits per heavy atom. The normalized spacial score (nSPS) is 13.9. The van der Waals surface area contributed by atoms with Crippen molar-refractivity contribution in [2.45, 2.75) is 59.4 Å². The van der Waals surface area contributed by atoms with Crippen LogP contribution in [0.5, 0.6) is 0 Å². The number of benzene rings is 1. The maximum atomic E-state index is 3.48. The minimum atomic E-state index is 0.339. The maximum Gasteiger partial charge on any atom is 0.0155 e. The Kier molecular flexibility index (Phi) is 5.40. The largest absolute Gasteiger partial charge is 0.316 e. The van der Waals surface area contributed by atoms with Crippen molar-refractivity contribution in [2.24, 2.45) is 5.41 Å². The van der Waals surface area contributed by atoms with Crippen LogP contribution in [0, 0.1) is 5.41 Å². The van der Waals surface area contributed by atoms with Crippen LogP contribution >= 0.6 is 0 Å². The molecule has 1 rings (SSSR count). The van der Waals surface area contributed by atoms with Crippen molar-refractivity contribution in [1.29, 1.82) is 0 Å². The molecule has 0 bridgehead atoms. The topological polar surface area (TPSA) is 12.0 Å². The van der Waals surface area contributed by atoms with E-state index in [2.05, 4.69) is 71.2 Å². The van der Waals surface area contributed by atoms with Crippen molar-refractivity contribution in [3.63, 3.8) is 0 Å². The predicted octanol–water partition coefficient (Wildman–Crippen LogP) is 4.38. The van der Waals surface area contributed by atoms with E-state index in [0.717, 1.165) is 6.42 Å². The second kappa shape index (κ2) is 6.38. The van der Waals surface area contributed by atoms with Gasteiger partial charge in [-0.2, -0.15) is 0 Å². The number of rotatable bonds is 6. The van der Waals surface area contributed by atoms with Gasteiger partial charge < -0.3 is 5.32 Å². The molecule has 1 aromatic rings. The molecule has 0 amide bonds. The lowest BCUT2D eigenvalue weighted by atomic mass is 9.79. The minimum Gasteiger partial charge on any atom is -0.316 e. The fourth-order valence-corrected chi connectivity index (χ4v) is 2.29. The molecule has 1 unspecified atom stereocenters. The molecular weight excluding hydrogens is 218 g/mol. The van der Waals surface area contributed by atoms with Crippen LogP contribution in [-0.2, 0) is 6.42 Å². The zero-order valence-electron chi connectivity index (χ0n) is 12.9. The standard InChI is InChI=1S/C17H29N/c1-7-17(4,5)16(18-6)12-14-8-10-15(11-9-14)13(2)3/h8-11,13,16,18H,7,12H2,1-6H3. The highest BCUT2D eigenvalue weighted by molar-refractivity contribution is 5.25. The number of nitrogens with one attached hydrogen (secondary N) is 1. The maximum absolute atomic E-state index is 3.48. The van der Waals surface area contributed by atoms with Gasteiger partial charge in [0, 0.05) is 6.04 Å². The van der Waals surface area contributed by atoms with Crippen LogP contribution in [0.25, 0.3) is 0 Å². The first-order valence-corrected chi connectivity index (χ1v) is 7.16. The summed E-state index contributed by atoms with van der Waals surface area (Å²) in [6.07, 6.45) is 2.30. The smallest absolute Gasteiger partial charge is 0.0155 e. The van der Waals surface area contributed by atoms with Gasteiger partial charge in [0.25, 0.3) is 0 Å². The van der Waals surface area contributed by atoms with Gasteiger partial charge in [0.2, 0.25) is 0 Å². The van der Waals surface area contributed by atoms with E-state index in [4.69, 9.17) is 0 Å². The highest BCUT2D eigenvalue weighted by atomic mass is 14.9. The number of hydrogen-bond acceptors (Lipinski definition) is 1. The van der Waals surface area contributed by atoms with Crippen LogP contribution in [-0.4, -0.2) is 13.1 Å². The van der Waals surface area contributed by atoms with Crippen LogP contribution < -0.4 is 5.32 Å². The Balaban J connectivity index is 2.77. The quantitative estimate of drug-likeness (QED) is 0.787. The van der Waals surface area contributed by atoms with E-state index in [1.165, 1.54) is 17.5 Å². The molecule has 0 aliphatic carbocycles. The molecule has 0 heterocycles. The van der Waals surface area contributed by atoms with Gasteiger partial charge >= 0.3 is 0 Å². The van der Waals surface area contributed by atoms with Crippen LogP contribution in [0.1, 0.15) is 58.1 Å². The molecule has 0 aromatic heterocycles. The zero-order valence-corrected chi connectivity index (χ0v) is 12.9. The van der Waals surface area contributed by atoms with Crippen molar-refractivity contribution in [1.82, 2.24) is 5.32 Å². The Labute approximate surface area is 113 Å². The fourth-order valence-electron chi connectivity index (χ4n) is 2.29. The lowest BCUT2D eigenvalue weighted by molar-refractivity contribution is 0.240. The molecular formula is C17H29N. The molecule has 102 valence electrons. The zero-order chi connectivity index (χ0) is 13.8. The Hall–Kier alpha value is -0.820. The van der Waals surface area contributed by atoms with E-state index in [0.29, 0.717) is 17.4 Å². The Morgan fingerprint density at radius 1 is 1.11 bits per heavy atom. The van der Waals surface area contributed by atoms with E-state index in [-0.39, 0.29) is 0 Å². The third-order valence-electron chi connectivity index (χ3n) is 4.29. The summed E-state index contributed by atoms with van der Waals surface area (Å²) in [6, 6.07) is 9.64. The second-order valence-corrected chi connectivity index (χ2v) is 6.28. The van der Waals surface area contributed by atoms with Gasteiger partial charge in [-0.3, -0.25) is 0 Å². The van der Waals surface area contributed by atoms with Gasteiger partial charge in [-0.15, -0.1) is 0 Å². The van der Waals surface area contributed by atoms with E-state index in [1.54, 1.807) is 0 Å². The van der Waals surface area contributed by atoms with Crippen LogP contribution in [0.4, 0.5) is 0 Å². The summed E-state index contributed by atoms with van der Waals surface area (Å²) >= 11 is 0. The van der Waals surface area contributed by atoms with Crippen LogP contribution in [0.15, 0.2) is 24.3 Å². The molecule has 0 spiro atoms. The molecule has 1 N–H and O–H groups in total. The molecule has 0 saturated heterocycles. The molecule has 18 heavy (non-hydrogen) atoms. The monoisotopic (exact) mass is 247 g/mol. The average Bonchev–Trinajstić information content (AvgIpc) is 2.36. The molecule has 0 aliphatic rings. The van der Waals surface area contributed by atoms with Gasteiger partial charge in [-0.25, -0.2) is 0 Å². The van der Waals surface area contributed by atoms with Crippen molar-refractivity contribution < 1.29 is 0 Å². The lowest BCUT2D eigenvalue weighted by Gasteiger charge is -2.33. The number of hydrogen-bond donors (Lipinski definition) is 1. The third kappa shape index (κ3) is 3.84. The van der Waals surface area contributed by atoms with Crippen molar-refractivity contribution in [3.05, 3.63) is 35.4 Å². The summed E-state index contributed by atoms with van der Waals surface area (Å²) in [4.78, 5) is 0. The molecule has 0 saturated carbocycles. The first kappa shape index (κ1) is 15.2. The van der Waals surface area contributed by atoms with Crippen LogP contribution in [0.2, 0.25) is 0 Å². The van der Waals surface area contributed by atoms with Crippen LogP contribution in [0.3, 0.4) is 0 Å². The summed E-state index contributed by atoms with van der Waals surface area (Å²) in [6.45, 7) is 11.4. The molecule has 0 radical (unpaired) electrons. The predicted molar refractivity (Wildman–Crippen MR) is 81.2 cm³/mol. The molecule has 1 nitrogen and oxygen atoms in total. The first-order valence-electron chi connectivity index (χ1n) is 7.16. The van der Waals surface area contributed by atoms with Gasteiger partial charge in [0.1, 0.15) is 0 Å². The average molecular weight is 247 g/mol. The molecule has 0 fully saturated rings. The van der Waals surface area contributed by atoms with Crippen molar-refractivity contribution in [2.75, 3.05) is 7.05 Å². The fraction of sp³-hybridized carbons (Fsp3) is 0.647. The molecule has 0 aliphatic heterocycles. The van der Waals surface area contributed by atoms with Crippen molar-refractivity contribution >= 4 is 0 Å². The van der Waals surface area contributed by atoms with E-state index in [1.807, 2.05) is 0 Å². The summed E-state index contributed by atoms with van der Waals surface area (Å²) in [5.41, 5.74) is 3.20. The summed E-state index contributed by atoms with van der Waals surface area (Å²) in [5.74, 6) is 0.617. The Morgan fingerprint density at radius 2 is 1.67 bits per heavy atom. The molecule has 1 heteroatoms. The highest BCUT2D eigenvalue weighted by Crippen LogP contribution is 2.27. The van der Waals surface area contributed by atoms with Crippen molar-refractivity contribution in [3.8, 4) is 0 Å². The van der Waals surface area contributed by atoms with E-state index in [9.17, 15) is 0 Å². The summed E-state index contributed by atoms with van der Waals surface area (Å²) in [5, 5.41) is 3.48. The summed E-state index contributed by atoms with van der Waals surface area (Å²) < 4.78 is 0. The first-order chi connectivity index (χ1) is 8.40. The van der Waals surface area contributed by atoms with E-state index < -0.39 is 0 Å². The van der Waals surface area contributed by atoms with Gasteiger partial charge in [0.15, 0.2) is 0 Å². The Bertz CT molecular complexity index is 348. The SMILES string of the molecule is CCC(C)(C)C(Cc1ccc(C(C)C)cc1)NC.